The van der Waals surface area contributed by atoms with Gasteiger partial charge in [-0.15, -0.1) is 0 Å². The van der Waals surface area contributed by atoms with Crippen LogP contribution in [0.2, 0.25) is 10.0 Å². The summed E-state index contributed by atoms with van der Waals surface area (Å²) in [6, 6.07) is 7.12. The van der Waals surface area contributed by atoms with E-state index in [2.05, 4.69) is 25.5 Å². The molecule has 1 aliphatic heterocycles. The van der Waals surface area contributed by atoms with Gasteiger partial charge in [-0.3, -0.25) is 0 Å². The second-order valence-corrected chi connectivity index (χ2v) is 6.75. The number of piperidine rings is 1. The molecular formula is C17H19Cl2N5O. The summed E-state index contributed by atoms with van der Waals surface area (Å²) in [5.74, 6) is 0. The average molecular weight is 380 g/mol. The Labute approximate surface area is 156 Å². The molecule has 2 aromatic rings. The van der Waals surface area contributed by atoms with Crippen molar-refractivity contribution in [3.05, 3.63) is 52.5 Å². The van der Waals surface area contributed by atoms with Gasteiger partial charge in [-0.1, -0.05) is 23.2 Å². The number of hydrogen-bond acceptors (Lipinski definition) is 4. The molecule has 8 heteroatoms. The SMILES string of the molecule is O=C(NCc1ccncn1)NC1CCCN(c2ccc(Cl)cc2Cl)C1. The van der Waals surface area contributed by atoms with E-state index < -0.39 is 0 Å². The number of nitrogens with zero attached hydrogens (tertiary/aromatic N) is 3. The van der Waals surface area contributed by atoms with E-state index in [4.69, 9.17) is 23.2 Å². The molecule has 0 bridgehead atoms. The molecule has 0 aliphatic carbocycles. The lowest BCUT2D eigenvalue weighted by Crippen LogP contribution is -2.50. The number of carbonyl (C=O) groups is 1. The minimum absolute atomic E-state index is 0.0610. The monoisotopic (exact) mass is 379 g/mol. The molecule has 1 saturated heterocycles. The van der Waals surface area contributed by atoms with Gasteiger partial charge in [0.05, 0.1) is 22.9 Å². The highest BCUT2D eigenvalue weighted by molar-refractivity contribution is 6.36. The van der Waals surface area contributed by atoms with Crippen LogP contribution in [0.3, 0.4) is 0 Å². The molecule has 0 saturated carbocycles. The normalized spacial score (nSPS) is 17.2. The number of nitrogens with one attached hydrogen (secondary N) is 2. The fourth-order valence-electron chi connectivity index (χ4n) is 2.88. The highest BCUT2D eigenvalue weighted by Crippen LogP contribution is 2.30. The fraction of sp³-hybridized carbons (Fsp3) is 0.353. The average Bonchev–Trinajstić information content (AvgIpc) is 2.61. The first-order valence-electron chi connectivity index (χ1n) is 8.11. The van der Waals surface area contributed by atoms with Gasteiger partial charge in [0.2, 0.25) is 0 Å². The zero-order chi connectivity index (χ0) is 17.6. The number of carbonyl (C=O) groups excluding carboxylic acids is 1. The third-order valence-electron chi connectivity index (χ3n) is 4.08. The van der Waals surface area contributed by atoms with Crippen molar-refractivity contribution >= 4 is 34.9 Å². The summed E-state index contributed by atoms with van der Waals surface area (Å²) in [5.41, 5.74) is 1.71. The molecule has 1 fully saturated rings. The van der Waals surface area contributed by atoms with Gasteiger partial charge in [0.25, 0.3) is 0 Å². The molecular weight excluding hydrogens is 361 g/mol. The lowest BCUT2D eigenvalue weighted by molar-refractivity contribution is 0.234. The number of benzene rings is 1. The molecule has 6 nitrogen and oxygen atoms in total. The number of anilines is 1. The first-order valence-corrected chi connectivity index (χ1v) is 8.86. The van der Waals surface area contributed by atoms with Crippen molar-refractivity contribution in [3.8, 4) is 0 Å². The van der Waals surface area contributed by atoms with Crippen LogP contribution in [0.15, 0.2) is 36.8 Å². The van der Waals surface area contributed by atoms with Gasteiger partial charge in [0.1, 0.15) is 6.33 Å². The number of amides is 2. The smallest absolute Gasteiger partial charge is 0.315 e. The third kappa shape index (κ3) is 4.96. The van der Waals surface area contributed by atoms with Gasteiger partial charge in [-0.05, 0) is 37.1 Å². The summed E-state index contributed by atoms with van der Waals surface area (Å²) in [5, 5.41) is 7.07. The number of hydrogen-bond donors (Lipinski definition) is 2. The zero-order valence-electron chi connectivity index (χ0n) is 13.6. The van der Waals surface area contributed by atoms with Crippen LogP contribution in [-0.2, 0) is 6.54 Å². The predicted octanol–water partition coefficient (Wildman–Crippen LogP) is 3.25. The summed E-state index contributed by atoms with van der Waals surface area (Å²) in [7, 11) is 0. The van der Waals surface area contributed by atoms with E-state index in [0.29, 0.717) is 23.1 Å². The van der Waals surface area contributed by atoms with Crippen LogP contribution in [0.1, 0.15) is 18.5 Å². The standard InChI is InChI=1S/C17H19Cl2N5O/c18-12-3-4-16(15(19)8-12)24-7-1-2-14(10-24)23-17(25)21-9-13-5-6-20-11-22-13/h3-6,8,11,14H,1-2,7,9-10H2,(H2,21,23,25). The Kier molecular flexibility index (Phi) is 5.94. The molecule has 1 atom stereocenters. The van der Waals surface area contributed by atoms with Crippen LogP contribution >= 0.6 is 23.2 Å². The zero-order valence-corrected chi connectivity index (χ0v) is 15.1. The second-order valence-electron chi connectivity index (χ2n) is 5.91. The van der Waals surface area contributed by atoms with Gasteiger partial charge >= 0.3 is 6.03 Å². The molecule has 132 valence electrons. The molecule has 1 aliphatic rings. The van der Waals surface area contributed by atoms with E-state index in [1.54, 1.807) is 18.3 Å². The molecule has 1 unspecified atom stereocenters. The quantitative estimate of drug-likeness (QED) is 0.855. The molecule has 2 amide bonds. The highest BCUT2D eigenvalue weighted by atomic mass is 35.5. The van der Waals surface area contributed by atoms with Crippen LogP contribution < -0.4 is 15.5 Å². The van der Waals surface area contributed by atoms with Crippen LogP contribution in [0.4, 0.5) is 10.5 Å². The Balaban J connectivity index is 1.53. The lowest BCUT2D eigenvalue weighted by atomic mass is 10.0. The molecule has 25 heavy (non-hydrogen) atoms. The van der Waals surface area contributed by atoms with E-state index >= 15 is 0 Å². The van der Waals surface area contributed by atoms with E-state index in [-0.39, 0.29) is 12.1 Å². The number of rotatable bonds is 4. The summed E-state index contributed by atoms with van der Waals surface area (Å²) in [6.45, 7) is 1.98. The summed E-state index contributed by atoms with van der Waals surface area (Å²) in [4.78, 5) is 22.2. The minimum Gasteiger partial charge on any atom is -0.368 e. The van der Waals surface area contributed by atoms with Crippen molar-refractivity contribution < 1.29 is 4.79 Å². The van der Waals surface area contributed by atoms with E-state index in [1.165, 1.54) is 6.33 Å². The molecule has 0 radical (unpaired) electrons. The highest BCUT2D eigenvalue weighted by Gasteiger charge is 2.23. The van der Waals surface area contributed by atoms with E-state index in [0.717, 1.165) is 30.8 Å². The van der Waals surface area contributed by atoms with Crippen molar-refractivity contribution in [1.82, 2.24) is 20.6 Å². The van der Waals surface area contributed by atoms with Crippen molar-refractivity contribution in [3.63, 3.8) is 0 Å². The number of halogens is 2. The van der Waals surface area contributed by atoms with Gasteiger partial charge < -0.3 is 15.5 Å². The topological polar surface area (TPSA) is 70.1 Å². The molecule has 1 aromatic carbocycles. The van der Waals surface area contributed by atoms with Crippen LogP contribution in [0, 0.1) is 0 Å². The summed E-state index contributed by atoms with van der Waals surface area (Å²) < 4.78 is 0. The maximum atomic E-state index is 12.1. The Hall–Kier alpha value is -2.05. The molecule has 1 aromatic heterocycles. The van der Waals surface area contributed by atoms with Crippen molar-refractivity contribution in [2.45, 2.75) is 25.4 Å². The van der Waals surface area contributed by atoms with Crippen molar-refractivity contribution in [2.24, 2.45) is 0 Å². The molecule has 2 heterocycles. The number of urea groups is 1. The van der Waals surface area contributed by atoms with Gasteiger partial charge in [-0.2, -0.15) is 0 Å². The van der Waals surface area contributed by atoms with E-state index in [9.17, 15) is 4.79 Å². The Morgan fingerprint density at radius 3 is 2.96 bits per heavy atom. The fourth-order valence-corrected chi connectivity index (χ4v) is 3.41. The molecule has 3 rings (SSSR count). The van der Waals surface area contributed by atoms with Crippen LogP contribution in [-0.4, -0.2) is 35.1 Å². The van der Waals surface area contributed by atoms with Crippen molar-refractivity contribution in [2.75, 3.05) is 18.0 Å². The largest absolute Gasteiger partial charge is 0.368 e. The van der Waals surface area contributed by atoms with Crippen molar-refractivity contribution in [1.29, 1.82) is 0 Å². The summed E-state index contributed by atoms with van der Waals surface area (Å²) >= 11 is 12.3. The Morgan fingerprint density at radius 1 is 1.32 bits per heavy atom. The third-order valence-corrected chi connectivity index (χ3v) is 4.62. The predicted molar refractivity (Wildman–Crippen MR) is 99.1 cm³/mol. The Bertz CT molecular complexity index is 728. The second kappa shape index (κ2) is 8.36. The maximum absolute atomic E-state index is 12.1. The van der Waals surface area contributed by atoms with E-state index in [1.807, 2.05) is 12.1 Å². The maximum Gasteiger partial charge on any atom is 0.315 e. The lowest BCUT2D eigenvalue weighted by Gasteiger charge is -2.35. The minimum atomic E-state index is -0.201. The van der Waals surface area contributed by atoms with Gasteiger partial charge in [0, 0.05) is 30.4 Å². The summed E-state index contributed by atoms with van der Waals surface area (Å²) in [6.07, 6.45) is 5.03. The first kappa shape index (κ1) is 17.8. The molecule has 0 spiro atoms. The molecule has 2 N–H and O–H groups in total. The number of aromatic nitrogens is 2. The van der Waals surface area contributed by atoms with Gasteiger partial charge in [0.15, 0.2) is 0 Å². The van der Waals surface area contributed by atoms with Crippen LogP contribution in [0.25, 0.3) is 0 Å². The van der Waals surface area contributed by atoms with Crippen LogP contribution in [0.5, 0.6) is 0 Å². The first-order chi connectivity index (χ1) is 12.1. The Morgan fingerprint density at radius 2 is 2.20 bits per heavy atom. The van der Waals surface area contributed by atoms with Gasteiger partial charge in [-0.25, -0.2) is 14.8 Å².